The number of halogens is 1. The number of amides is 1. The van der Waals surface area contributed by atoms with Crippen molar-refractivity contribution >= 4 is 27.3 Å². The van der Waals surface area contributed by atoms with Gasteiger partial charge in [0.15, 0.2) is 0 Å². The van der Waals surface area contributed by atoms with Gasteiger partial charge in [0.25, 0.3) is 5.91 Å². The van der Waals surface area contributed by atoms with Crippen LogP contribution >= 0.6 is 0 Å². The van der Waals surface area contributed by atoms with Gasteiger partial charge in [0.1, 0.15) is 11.6 Å². The zero-order valence-electron chi connectivity index (χ0n) is 18.1. The molecule has 3 aromatic rings. The molecule has 0 atom stereocenters. The van der Waals surface area contributed by atoms with Crippen molar-refractivity contribution < 1.29 is 22.3 Å². The van der Waals surface area contributed by atoms with Gasteiger partial charge >= 0.3 is 0 Å². The monoisotopic (exact) mass is 456 g/mol. The molecule has 32 heavy (non-hydrogen) atoms. The highest BCUT2D eigenvalue weighted by Crippen LogP contribution is 2.27. The summed E-state index contributed by atoms with van der Waals surface area (Å²) in [5.74, 6) is -0.326. The molecule has 0 heterocycles. The third-order valence-electron chi connectivity index (χ3n) is 4.76. The minimum Gasteiger partial charge on any atom is -0.494 e. The van der Waals surface area contributed by atoms with Crippen LogP contribution in [-0.2, 0) is 16.6 Å². The van der Waals surface area contributed by atoms with Crippen LogP contribution in [0.3, 0.4) is 0 Å². The first-order chi connectivity index (χ1) is 15.2. The van der Waals surface area contributed by atoms with Crippen molar-refractivity contribution in [1.29, 1.82) is 0 Å². The van der Waals surface area contributed by atoms with Gasteiger partial charge in [-0.25, -0.2) is 12.8 Å². The summed E-state index contributed by atoms with van der Waals surface area (Å²) in [4.78, 5) is 12.8. The number of hydrogen-bond donors (Lipinski definition) is 1. The van der Waals surface area contributed by atoms with Gasteiger partial charge in [-0.15, -0.1) is 0 Å². The summed E-state index contributed by atoms with van der Waals surface area (Å²) in [5, 5.41) is 2.83. The lowest BCUT2D eigenvalue weighted by molar-refractivity contribution is 0.102. The molecule has 1 N–H and O–H groups in total. The SMILES string of the molecule is CCOc1ccc(C(=O)Nc2ccc(C)cc2)cc1CN(c1ccc(F)cc1)S(C)(=O)=O. The molecule has 0 fully saturated rings. The normalized spacial score (nSPS) is 11.1. The van der Waals surface area contributed by atoms with Crippen molar-refractivity contribution in [2.45, 2.75) is 20.4 Å². The number of anilines is 2. The predicted octanol–water partition coefficient (Wildman–Crippen LogP) is 4.75. The Balaban J connectivity index is 1.94. The topological polar surface area (TPSA) is 75.7 Å². The second-order valence-corrected chi connectivity index (χ2v) is 9.23. The Kier molecular flexibility index (Phi) is 7.15. The van der Waals surface area contributed by atoms with E-state index in [1.165, 1.54) is 24.3 Å². The largest absolute Gasteiger partial charge is 0.494 e. The quantitative estimate of drug-likeness (QED) is 0.531. The molecule has 0 aliphatic carbocycles. The number of rotatable bonds is 8. The molecular formula is C24H25FN2O4S. The number of aryl methyl sites for hydroxylation is 1. The number of hydrogen-bond acceptors (Lipinski definition) is 4. The molecule has 0 saturated heterocycles. The molecule has 168 valence electrons. The average Bonchev–Trinajstić information content (AvgIpc) is 2.74. The molecule has 0 spiro atoms. The summed E-state index contributed by atoms with van der Waals surface area (Å²) in [6.45, 7) is 4.07. The molecule has 0 radical (unpaired) electrons. The zero-order valence-corrected chi connectivity index (χ0v) is 18.9. The first-order valence-corrected chi connectivity index (χ1v) is 11.9. The minimum absolute atomic E-state index is 0.0779. The summed E-state index contributed by atoms with van der Waals surface area (Å²) in [7, 11) is -3.69. The van der Waals surface area contributed by atoms with Crippen LogP contribution in [0.1, 0.15) is 28.4 Å². The third kappa shape index (κ3) is 5.85. The van der Waals surface area contributed by atoms with Crippen molar-refractivity contribution in [3.63, 3.8) is 0 Å². The van der Waals surface area contributed by atoms with Crippen LogP contribution in [0, 0.1) is 12.7 Å². The minimum atomic E-state index is -3.69. The molecule has 3 rings (SSSR count). The number of sulfonamides is 1. The molecule has 6 nitrogen and oxygen atoms in total. The second kappa shape index (κ2) is 9.82. The highest BCUT2D eigenvalue weighted by atomic mass is 32.2. The van der Waals surface area contributed by atoms with Gasteiger partial charge in [0.2, 0.25) is 10.0 Å². The van der Waals surface area contributed by atoms with E-state index in [1.807, 2.05) is 38.1 Å². The Hall–Kier alpha value is -3.39. The van der Waals surface area contributed by atoms with E-state index in [0.29, 0.717) is 34.9 Å². The first kappa shape index (κ1) is 23.3. The van der Waals surface area contributed by atoms with Crippen LogP contribution in [0.25, 0.3) is 0 Å². The van der Waals surface area contributed by atoms with Crippen molar-refractivity contribution in [3.8, 4) is 5.75 Å². The van der Waals surface area contributed by atoms with E-state index in [9.17, 15) is 17.6 Å². The zero-order chi connectivity index (χ0) is 23.3. The van der Waals surface area contributed by atoms with Crippen molar-refractivity contribution in [2.24, 2.45) is 0 Å². The summed E-state index contributed by atoms with van der Waals surface area (Å²) in [6.07, 6.45) is 1.07. The Morgan fingerprint density at radius 3 is 2.28 bits per heavy atom. The summed E-state index contributed by atoms with van der Waals surface area (Å²) < 4.78 is 45.1. The van der Waals surface area contributed by atoms with Crippen LogP contribution in [0.15, 0.2) is 66.7 Å². The fourth-order valence-electron chi connectivity index (χ4n) is 3.14. The smallest absolute Gasteiger partial charge is 0.255 e. The van der Waals surface area contributed by atoms with Crippen LogP contribution in [-0.4, -0.2) is 27.2 Å². The van der Waals surface area contributed by atoms with Gasteiger partial charge in [0.05, 0.1) is 25.1 Å². The van der Waals surface area contributed by atoms with Crippen molar-refractivity contribution in [1.82, 2.24) is 0 Å². The van der Waals surface area contributed by atoms with Crippen LogP contribution in [0.2, 0.25) is 0 Å². The van der Waals surface area contributed by atoms with Gasteiger partial charge in [-0.2, -0.15) is 0 Å². The van der Waals surface area contributed by atoms with Gasteiger partial charge in [-0.3, -0.25) is 9.10 Å². The average molecular weight is 457 g/mol. The van der Waals surface area contributed by atoms with Gasteiger partial charge < -0.3 is 10.1 Å². The number of benzene rings is 3. The molecule has 0 aliphatic heterocycles. The van der Waals surface area contributed by atoms with Crippen LogP contribution in [0.5, 0.6) is 5.75 Å². The lowest BCUT2D eigenvalue weighted by atomic mass is 10.1. The molecule has 0 aromatic heterocycles. The fourth-order valence-corrected chi connectivity index (χ4v) is 4.02. The van der Waals surface area contributed by atoms with E-state index in [0.717, 1.165) is 16.1 Å². The standard InChI is InChI=1S/C24H25FN2O4S/c1-4-31-23-14-7-18(24(28)26-21-10-5-17(2)6-11-21)15-19(23)16-27(32(3,29)30)22-12-8-20(25)9-13-22/h5-15H,4,16H2,1-3H3,(H,26,28). The Morgan fingerprint density at radius 1 is 1.03 bits per heavy atom. The molecule has 0 aliphatic rings. The molecule has 0 bridgehead atoms. The van der Waals surface area contributed by atoms with Crippen LogP contribution in [0.4, 0.5) is 15.8 Å². The summed E-state index contributed by atoms with van der Waals surface area (Å²) >= 11 is 0. The maximum atomic E-state index is 13.3. The van der Waals surface area contributed by atoms with E-state index >= 15 is 0 Å². The molecule has 3 aromatic carbocycles. The van der Waals surface area contributed by atoms with Gasteiger partial charge in [0, 0.05) is 16.8 Å². The Bertz CT molecular complexity index is 1190. The maximum Gasteiger partial charge on any atom is 0.255 e. The Morgan fingerprint density at radius 2 is 1.69 bits per heavy atom. The Labute approximate surface area is 187 Å². The number of ether oxygens (including phenoxy) is 1. The maximum absolute atomic E-state index is 13.3. The highest BCUT2D eigenvalue weighted by Gasteiger charge is 2.21. The highest BCUT2D eigenvalue weighted by molar-refractivity contribution is 7.92. The van der Waals surface area contributed by atoms with E-state index in [2.05, 4.69) is 5.32 Å². The van der Waals surface area contributed by atoms with E-state index in [1.54, 1.807) is 18.2 Å². The lowest BCUT2D eigenvalue weighted by Gasteiger charge is -2.24. The fraction of sp³-hybridized carbons (Fsp3) is 0.208. The van der Waals surface area contributed by atoms with Gasteiger partial charge in [-0.05, 0) is 68.4 Å². The second-order valence-electron chi connectivity index (χ2n) is 7.32. The summed E-state index contributed by atoms with van der Waals surface area (Å²) in [5.41, 5.74) is 2.91. The first-order valence-electron chi connectivity index (χ1n) is 10.0. The number of carbonyl (C=O) groups excluding carboxylic acids is 1. The van der Waals surface area contributed by atoms with Crippen molar-refractivity contribution in [3.05, 3.63) is 89.2 Å². The predicted molar refractivity (Wildman–Crippen MR) is 124 cm³/mol. The molecular weight excluding hydrogens is 431 g/mol. The molecule has 0 saturated carbocycles. The van der Waals surface area contributed by atoms with E-state index in [-0.39, 0.29) is 12.5 Å². The molecule has 0 unspecified atom stereocenters. The number of nitrogens with zero attached hydrogens (tertiary/aromatic N) is 1. The molecule has 1 amide bonds. The van der Waals surface area contributed by atoms with E-state index < -0.39 is 15.8 Å². The molecule has 8 heteroatoms. The van der Waals surface area contributed by atoms with Gasteiger partial charge in [-0.1, -0.05) is 17.7 Å². The summed E-state index contributed by atoms with van der Waals surface area (Å²) in [6, 6.07) is 17.5. The lowest BCUT2D eigenvalue weighted by Crippen LogP contribution is -2.29. The van der Waals surface area contributed by atoms with Crippen molar-refractivity contribution in [2.75, 3.05) is 22.5 Å². The van der Waals surface area contributed by atoms with E-state index in [4.69, 9.17) is 4.74 Å². The van der Waals surface area contributed by atoms with Crippen LogP contribution < -0.4 is 14.4 Å². The number of carbonyl (C=O) groups is 1. The third-order valence-corrected chi connectivity index (χ3v) is 5.90. The number of nitrogens with one attached hydrogen (secondary N) is 1.